The van der Waals surface area contributed by atoms with Crippen LogP contribution in [0, 0.1) is 0 Å². The summed E-state index contributed by atoms with van der Waals surface area (Å²) in [5.41, 5.74) is 0. The van der Waals surface area contributed by atoms with Crippen LogP contribution in [0.25, 0.3) is 0 Å². The van der Waals surface area contributed by atoms with Crippen molar-refractivity contribution in [2.24, 2.45) is 0 Å². The topological polar surface area (TPSA) is 12.0 Å². The van der Waals surface area contributed by atoms with Crippen molar-refractivity contribution in [1.82, 2.24) is 5.32 Å². The van der Waals surface area contributed by atoms with E-state index in [1.165, 1.54) is 4.88 Å². The van der Waals surface area contributed by atoms with Crippen LogP contribution in [0.15, 0.2) is 12.1 Å². The minimum atomic E-state index is 0.570. The first-order valence-corrected chi connectivity index (χ1v) is 5.35. The molecule has 0 aliphatic rings. The van der Waals surface area contributed by atoms with E-state index < -0.39 is 0 Å². The molecule has 0 unspecified atom stereocenters. The fourth-order valence-corrected chi connectivity index (χ4v) is 2.06. The van der Waals surface area contributed by atoms with Gasteiger partial charge in [-0.2, -0.15) is 0 Å². The lowest BCUT2D eigenvalue weighted by Crippen LogP contribution is -2.24. The van der Waals surface area contributed by atoms with Crippen LogP contribution in [0.2, 0.25) is 4.34 Å². The molecule has 68 valence electrons. The molecule has 0 atom stereocenters. The smallest absolute Gasteiger partial charge is 0.0931 e. The molecule has 12 heavy (non-hydrogen) atoms. The van der Waals surface area contributed by atoms with Crippen molar-refractivity contribution in [3.05, 3.63) is 21.3 Å². The second-order valence-corrected chi connectivity index (χ2v) is 4.86. The highest BCUT2D eigenvalue weighted by Gasteiger charge is 1.97. The van der Waals surface area contributed by atoms with Gasteiger partial charge in [0.2, 0.25) is 0 Å². The quantitative estimate of drug-likeness (QED) is 0.794. The van der Waals surface area contributed by atoms with Crippen LogP contribution in [0.5, 0.6) is 0 Å². The summed E-state index contributed by atoms with van der Waals surface area (Å²) >= 11 is 7.46. The van der Waals surface area contributed by atoms with E-state index in [-0.39, 0.29) is 0 Å². The molecule has 1 nitrogen and oxygen atoms in total. The average molecular weight is 204 g/mol. The Bertz CT molecular complexity index is 232. The van der Waals surface area contributed by atoms with Crippen LogP contribution < -0.4 is 5.32 Å². The van der Waals surface area contributed by atoms with Gasteiger partial charge in [-0.15, -0.1) is 11.3 Å². The molecule has 0 bridgehead atoms. The summed E-state index contributed by atoms with van der Waals surface area (Å²) in [6.45, 7) is 5.34. The molecule has 0 aliphatic carbocycles. The van der Waals surface area contributed by atoms with Crippen molar-refractivity contribution in [2.45, 2.75) is 26.3 Å². The first-order chi connectivity index (χ1) is 5.68. The Morgan fingerprint density at radius 3 is 2.75 bits per heavy atom. The van der Waals surface area contributed by atoms with Gasteiger partial charge in [-0.25, -0.2) is 0 Å². The summed E-state index contributed by atoms with van der Waals surface area (Å²) < 4.78 is 0.884. The Hall–Kier alpha value is -0.0500. The number of hydrogen-bond acceptors (Lipinski definition) is 2. The van der Waals surface area contributed by atoms with Gasteiger partial charge in [-0.05, 0) is 18.6 Å². The largest absolute Gasteiger partial charge is 0.314 e. The second-order valence-electron chi connectivity index (χ2n) is 3.06. The Morgan fingerprint density at radius 2 is 2.25 bits per heavy atom. The van der Waals surface area contributed by atoms with Crippen molar-refractivity contribution in [3.63, 3.8) is 0 Å². The van der Waals surface area contributed by atoms with E-state index in [4.69, 9.17) is 11.6 Å². The summed E-state index contributed by atoms with van der Waals surface area (Å²) in [4.78, 5) is 1.35. The standard InChI is InChI=1S/C9H14ClNS/c1-7(2)11-6-5-8-3-4-9(10)12-8/h3-4,7,11H,5-6H2,1-2H3. The van der Waals surface area contributed by atoms with Gasteiger partial charge in [0.25, 0.3) is 0 Å². The zero-order chi connectivity index (χ0) is 8.97. The number of rotatable bonds is 4. The molecule has 0 fully saturated rings. The lowest BCUT2D eigenvalue weighted by atomic mass is 10.3. The maximum absolute atomic E-state index is 5.80. The number of halogens is 1. The summed E-state index contributed by atoms with van der Waals surface area (Å²) in [6, 6.07) is 4.62. The Labute approximate surface area is 82.7 Å². The predicted molar refractivity (Wildman–Crippen MR) is 56.2 cm³/mol. The molecule has 1 aromatic rings. The fraction of sp³-hybridized carbons (Fsp3) is 0.556. The van der Waals surface area contributed by atoms with E-state index in [9.17, 15) is 0 Å². The minimum Gasteiger partial charge on any atom is -0.314 e. The molecule has 0 amide bonds. The highest BCUT2D eigenvalue weighted by Crippen LogP contribution is 2.21. The molecule has 0 spiro atoms. The third kappa shape index (κ3) is 3.57. The molecule has 0 aromatic carbocycles. The maximum atomic E-state index is 5.80. The van der Waals surface area contributed by atoms with Crippen LogP contribution in [-0.2, 0) is 6.42 Å². The minimum absolute atomic E-state index is 0.570. The lowest BCUT2D eigenvalue weighted by molar-refractivity contribution is 0.592. The van der Waals surface area contributed by atoms with Crippen molar-refractivity contribution in [1.29, 1.82) is 0 Å². The van der Waals surface area contributed by atoms with Gasteiger partial charge in [0.05, 0.1) is 4.34 Å². The van der Waals surface area contributed by atoms with E-state index in [0.29, 0.717) is 6.04 Å². The first-order valence-electron chi connectivity index (χ1n) is 4.16. The molecule has 0 aliphatic heterocycles. The SMILES string of the molecule is CC(C)NCCc1ccc(Cl)s1. The predicted octanol–water partition coefficient (Wildman–Crippen LogP) is 2.94. The number of nitrogens with one attached hydrogen (secondary N) is 1. The summed E-state index contributed by atoms with van der Waals surface area (Å²) in [6.07, 6.45) is 1.08. The molecule has 0 saturated heterocycles. The second kappa shape index (κ2) is 4.85. The molecule has 3 heteroatoms. The van der Waals surface area contributed by atoms with Crippen LogP contribution in [0.3, 0.4) is 0 Å². The van der Waals surface area contributed by atoms with E-state index in [0.717, 1.165) is 17.3 Å². The van der Waals surface area contributed by atoms with E-state index >= 15 is 0 Å². The first kappa shape index (κ1) is 10.0. The molecule has 1 rings (SSSR count). The zero-order valence-electron chi connectivity index (χ0n) is 7.43. The molecule has 1 N–H and O–H groups in total. The van der Waals surface area contributed by atoms with Crippen molar-refractivity contribution >= 4 is 22.9 Å². The normalized spacial score (nSPS) is 11.0. The fourth-order valence-electron chi connectivity index (χ4n) is 0.970. The van der Waals surface area contributed by atoms with Gasteiger partial charge < -0.3 is 5.32 Å². The van der Waals surface area contributed by atoms with Gasteiger partial charge in [-0.1, -0.05) is 25.4 Å². The summed E-state index contributed by atoms with van der Waals surface area (Å²) in [5.74, 6) is 0. The molecule has 0 radical (unpaired) electrons. The molecule has 1 aromatic heterocycles. The molecule has 1 heterocycles. The highest BCUT2D eigenvalue weighted by atomic mass is 35.5. The van der Waals surface area contributed by atoms with Crippen molar-refractivity contribution in [3.8, 4) is 0 Å². The third-order valence-corrected chi connectivity index (χ3v) is 2.84. The Balaban J connectivity index is 2.24. The lowest BCUT2D eigenvalue weighted by Gasteiger charge is -2.05. The highest BCUT2D eigenvalue weighted by molar-refractivity contribution is 7.16. The molecule has 0 saturated carbocycles. The number of hydrogen-bond donors (Lipinski definition) is 1. The summed E-state index contributed by atoms with van der Waals surface area (Å²) in [5, 5.41) is 3.37. The van der Waals surface area contributed by atoms with E-state index in [2.05, 4.69) is 25.2 Å². The van der Waals surface area contributed by atoms with Crippen LogP contribution in [0.1, 0.15) is 18.7 Å². The zero-order valence-corrected chi connectivity index (χ0v) is 9.00. The van der Waals surface area contributed by atoms with Gasteiger partial charge >= 0.3 is 0 Å². The van der Waals surface area contributed by atoms with Crippen molar-refractivity contribution in [2.75, 3.05) is 6.54 Å². The van der Waals surface area contributed by atoms with E-state index in [1.807, 2.05) is 6.07 Å². The summed E-state index contributed by atoms with van der Waals surface area (Å²) in [7, 11) is 0. The third-order valence-electron chi connectivity index (χ3n) is 1.55. The molecular weight excluding hydrogens is 190 g/mol. The van der Waals surface area contributed by atoms with Gasteiger partial charge in [-0.3, -0.25) is 0 Å². The van der Waals surface area contributed by atoms with Gasteiger partial charge in [0.1, 0.15) is 0 Å². The monoisotopic (exact) mass is 203 g/mol. The van der Waals surface area contributed by atoms with E-state index in [1.54, 1.807) is 11.3 Å². The van der Waals surface area contributed by atoms with Crippen LogP contribution in [0.4, 0.5) is 0 Å². The average Bonchev–Trinajstić information content (AvgIpc) is 2.35. The van der Waals surface area contributed by atoms with Crippen LogP contribution >= 0.6 is 22.9 Å². The maximum Gasteiger partial charge on any atom is 0.0931 e. The molecular formula is C9H14ClNS. The van der Waals surface area contributed by atoms with Crippen molar-refractivity contribution < 1.29 is 0 Å². The van der Waals surface area contributed by atoms with Gasteiger partial charge in [0.15, 0.2) is 0 Å². The Morgan fingerprint density at radius 1 is 1.50 bits per heavy atom. The van der Waals surface area contributed by atoms with Crippen LogP contribution in [-0.4, -0.2) is 12.6 Å². The van der Waals surface area contributed by atoms with Gasteiger partial charge in [0, 0.05) is 17.5 Å². The number of thiophene rings is 1. The Kier molecular flexibility index (Phi) is 4.06.